The van der Waals surface area contributed by atoms with E-state index in [1.807, 2.05) is 4.57 Å². The number of aromatic nitrogens is 2. The Morgan fingerprint density at radius 3 is 2.29 bits per heavy atom. The number of hydrogen-bond acceptors (Lipinski definition) is 8. The van der Waals surface area contributed by atoms with Crippen molar-refractivity contribution in [3.05, 3.63) is 83.4 Å². The van der Waals surface area contributed by atoms with Crippen molar-refractivity contribution in [3.8, 4) is 5.75 Å². The molecule has 3 aromatic rings. The lowest BCUT2D eigenvalue weighted by Crippen LogP contribution is -2.59. The van der Waals surface area contributed by atoms with Gasteiger partial charge in [-0.05, 0) is 89.4 Å². The Balaban J connectivity index is 1.42. The summed E-state index contributed by atoms with van der Waals surface area (Å²) in [6.07, 6.45) is 2.16. The standard InChI is InChI=1S/C40H52F2N6O7/c1-25(45(6)39(52)55-40(3,4)5)36(49)44-35(26(2)53-7)38(51)48-23-32(54-31-16-14-29(42)15-17-31)21-30(48)22-47(20-18-27-10-12-28(41)13-11-27)37(50)33-24-46-19-8-9-34(46)43-33/h10-17,24-26,30,32,35H,8-9,18-23H2,1-7H3,(H,44,49)/t25-,26+,30-,32-,35-/m0/s1. The number of halogens is 2. The van der Waals surface area contributed by atoms with Gasteiger partial charge >= 0.3 is 6.09 Å². The second-order valence-corrected chi connectivity index (χ2v) is 15.2. The van der Waals surface area contributed by atoms with Crippen LogP contribution in [0, 0.1) is 11.6 Å². The molecule has 1 aromatic heterocycles. The maximum absolute atomic E-state index is 14.6. The van der Waals surface area contributed by atoms with Gasteiger partial charge in [0.1, 0.15) is 52.7 Å². The van der Waals surface area contributed by atoms with Crippen LogP contribution < -0.4 is 10.1 Å². The van der Waals surface area contributed by atoms with E-state index in [4.69, 9.17) is 14.2 Å². The maximum atomic E-state index is 14.6. The summed E-state index contributed by atoms with van der Waals surface area (Å²) in [5.41, 5.74) is 0.337. The monoisotopic (exact) mass is 766 g/mol. The van der Waals surface area contributed by atoms with E-state index >= 15 is 0 Å². The van der Waals surface area contributed by atoms with E-state index in [0.717, 1.165) is 35.7 Å². The van der Waals surface area contributed by atoms with E-state index in [2.05, 4.69) is 10.3 Å². The molecule has 0 spiro atoms. The Kier molecular flexibility index (Phi) is 13.2. The van der Waals surface area contributed by atoms with E-state index in [1.165, 1.54) is 57.5 Å². The zero-order chi connectivity index (χ0) is 40.0. The summed E-state index contributed by atoms with van der Waals surface area (Å²) in [6.45, 7) is 9.55. The Morgan fingerprint density at radius 2 is 1.67 bits per heavy atom. The zero-order valence-corrected chi connectivity index (χ0v) is 32.6. The molecule has 5 rings (SSSR count). The molecule has 1 saturated heterocycles. The van der Waals surface area contributed by atoms with Crippen LogP contribution >= 0.6 is 0 Å². The van der Waals surface area contributed by atoms with Crippen LogP contribution in [-0.2, 0) is 38.4 Å². The highest BCUT2D eigenvalue weighted by molar-refractivity contribution is 5.93. The average Bonchev–Trinajstić information content (AvgIpc) is 3.87. The number of amides is 4. The fourth-order valence-corrected chi connectivity index (χ4v) is 6.71. The molecule has 1 fully saturated rings. The number of carbonyl (C=O) groups is 4. The molecule has 5 atom stereocenters. The van der Waals surface area contributed by atoms with Crippen molar-refractivity contribution < 1.29 is 42.2 Å². The smallest absolute Gasteiger partial charge is 0.410 e. The molecule has 4 amide bonds. The molecule has 3 heterocycles. The number of aryl methyl sites for hydroxylation is 2. The normalized spacial score (nSPS) is 18.2. The number of nitrogens with zero attached hydrogens (tertiary/aromatic N) is 5. The highest BCUT2D eigenvalue weighted by atomic mass is 19.1. The number of nitrogens with one attached hydrogen (secondary N) is 1. The van der Waals surface area contributed by atoms with Crippen LogP contribution in [0.15, 0.2) is 54.7 Å². The van der Waals surface area contributed by atoms with Crippen LogP contribution in [0.3, 0.4) is 0 Å². The third-order valence-electron chi connectivity index (χ3n) is 10.0. The lowest BCUT2D eigenvalue weighted by molar-refractivity contribution is -0.142. The van der Waals surface area contributed by atoms with Gasteiger partial charge < -0.3 is 33.9 Å². The lowest BCUT2D eigenvalue weighted by atomic mass is 10.1. The predicted octanol–water partition coefficient (Wildman–Crippen LogP) is 4.62. The van der Waals surface area contributed by atoms with Crippen molar-refractivity contribution in [1.29, 1.82) is 0 Å². The lowest BCUT2D eigenvalue weighted by Gasteiger charge is -2.35. The van der Waals surface area contributed by atoms with Gasteiger partial charge in [-0.15, -0.1) is 0 Å². The summed E-state index contributed by atoms with van der Waals surface area (Å²) in [5.74, 6) is -0.932. The Morgan fingerprint density at radius 1 is 1.02 bits per heavy atom. The minimum absolute atomic E-state index is 0.0931. The molecule has 2 aromatic carbocycles. The van der Waals surface area contributed by atoms with Crippen molar-refractivity contribution in [2.24, 2.45) is 0 Å². The minimum atomic E-state index is -1.18. The second-order valence-electron chi connectivity index (χ2n) is 15.2. The number of rotatable bonds is 14. The first-order valence-corrected chi connectivity index (χ1v) is 18.6. The molecule has 2 aliphatic heterocycles. The summed E-state index contributed by atoms with van der Waals surface area (Å²) in [4.78, 5) is 64.2. The molecule has 13 nitrogen and oxygen atoms in total. The number of likely N-dealkylation sites (tertiary alicyclic amines) is 1. The first kappa shape index (κ1) is 41.1. The number of benzene rings is 2. The van der Waals surface area contributed by atoms with E-state index < -0.39 is 59.7 Å². The Labute approximate surface area is 320 Å². The van der Waals surface area contributed by atoms with Crippen molar-refractivity contribution in [2.45, 2.75) is 103 Å². The van der Waals surface area contributed by atoms with Gasteiger partial charge in [-0.2, -0.15) is 0 Å². The van der Waals surface area contributed by atoms with Gasteiger partial charge in [-0.3, -0.25) is 19.3 Å². The van der Waals surface area contributed by atoms with Gasteiger partial charge in [-0.25, -0.2) is 18.6 Å². The number of likely N-dealkylation sites (N-methyl/N-ethyl adjacent to an activating group) is 1. The third kappa shape index (κ3) is 10.6. The fraction of sp³-hybridized carbons (Fsp3) is 0.525. The van der Waals surface area contributed by atoms with Gasteiger partial charge in [0.25, 0.3) is 5.91 Å². The van der Waals surface area contributed by atoms with Crippen LogP contribution in [0.5, 0.6) is 5.75 Å². The van der Waals surface area contributed by atoms with Gasteiger partial charge in [0, 0.05) is 52.8 Å². The molecule has 0 unspecified atom stereocenters. The van der Waals surface area contributed by atoms with E-state index in [-0.39, 0.29) is 31.4 Å². The molecular formula is C40H52F2N6O7. The number of ether oxygens (including phenoxy) is 3. The fourth-order valence-electron chi connectivity index (χ4n) is 6.71. The molecule has 15 heteroatoms. The molecule has 0 bridgehead atoms. The molecule has 0 aliphatic carbocycles. The van der Waals surface area contributed by atoms with E-state index in [9.17, 15) is 28.0 Å². The molecule has 2 aliphatic rings. The number of fused-ring (bicyclic) bond motifs is 1. The highest BCUT2D eigenvalue weighted by Crippen LogP contribution is 2.27. The van der Waals surface area contributed by atoms with Crippen molar-refractivity contribution in [1.82, 2.24) is 29.6 Å². The number of hydrogen-bond donors (Lipinski definition) is 1. The Bertz CT molecular complexity index is 1790. The summed E-state index contributed by atoms with van der Waals surface area (Å²) >= 11 is 0. The topological polar surface area (TPSA) is 136 Å². The molecular weight excluding hydrogens is 714 g/mol. The summed E-state index contributed by atoms with van der Waals surface area (Å²) in [7, 11) is 2.86. The van der Waals surface area contributed by atoms with Crippen LogP contribution in [0.2, 0.25) is 0 Å². The molecule has 1 N–H and O–H groups in total. The maximum Gasteiger partial charge on any atom is 0.410 e. The minimum Gasteiger partial charge on any atom is -0.489 e. The number of methoxy groups -OCH3 is 1. The molecule has 0 saturated carbocycles. The Hall–Kier alpha value is -5.05. The van der Waals surface area contributed by atoms with Crippen LogP contribution in [-0.4, -0.2) is 118 Å². The first-order valence-electron chi connectivity index (χ1n) is 18.6. The number of carbonyl (C=O) groups excluding carboxylic acids is 4. The van der Waals surface area contributed by atoms with Gasteiger partial charge in [0.2, 0.25) is 11.8 Å². The molecule has 0 radical (unpaired) electrons. The SMILES string of the molecule is CO[C@H](C)[C@H](NC(=O)[C@H](C)N(C)C(=O)OC(C)(C)C)C(=O)N1C[C@@H](Oc2ccc(F)cc2)C[C@H]1CN(CCc1ccc(F)cc1)C(=O)c1cn2c(n1)CCC2. The summed E-state index contributed by atoms with van der Waals surface area (Å²) < 4.78 is 46.7. The quantitative estimate of drug-likeness (QED) is 0.252. The average molecular weight is 767 g/mol. The van der Waals surface area contributed by atoms with Crippen molar-refractivity contribution >= 4 is 23.8 Å². The molecule has 55 heavy (non-hydrogen) atoms. The van der Waals surface area contributed by atoms with Crippen molar-refractivity contribution in [2.75, 3.05) is 33.8 Å². The summed E-state index contributed by atoms with van der Waals surface area (Å²) in [6, 6.07) is 8.87. The van der Waals surface area contributed by atoms with Crippen LogP contribution in [0.4, 0.5) is 13.6 Å². The van der Waals surface area contributed by atoms with Gasteiger partial charge in [0.05, 0.1) is 18.7 Å². The van der Waals surface area contributed by atoms with Gasteiger partial charge in [-0.1, -0.05) is 12.1 Å². The van der Waals surface area contributed by atoms with Crippen LogP contribution in [0.1, 0.15) is 69.3 Å². The second kappa shape index (κ2) is 17.6. The van der Waals surface area contributed by atoms with Gasteiger partial charge in [0.15, 0.2) is 0 Å². The third-order valence-corrected chi connectivity index (χ3v) is 10.0. The largest absolute Gasteiger partial charge is 0.489 e. The molecule has 298 valence electrons. The predicted molar refractivity (Wildman–Crippen MR) is 199 cm³/mol. The van der Waals surface area contributed by atoms with E-state index in [1.54, 1.807) is 55.8 Å². The highest BCUT2D eigenvalue weighted by Gasteiger charge is 2.43. The first-order chi connectivity index (χ1) is 26.0. The summed E-state index contributed by atoms with van der Waals surface area (Å²) in [5, 5.41) is 2.80. The van der Waals surface area contributed by atoms with Crippen molar-refractivity contribution in [3.63, 3.8) is 0 Å². The number of imidazole rings is 1. The van der Waals surface area contributed by atoms with E-state index in [0.29, 0.717) is 24.3 Å². The zero-order valence-electron chi connectivity index (χ0n) is 32.6. The van der Waals surface area contributed by atoms with Crippen LogP contribution in [0.25, 0.3) is 0 Å².